The van der Waals surface area contributed by atoms with Crippen molar-refractivity contribution in [3.8, 4) is 11.3 Å². The molecule has 0 aliphatic rings. The van der Waals surface area contributed by atoms with Crippen LogP contribution < -0.4 is 0 Å². The Morgan fingerprint density at radius 2 is 0.903 bits per heavy atom. The highest BCUT2D eigenvalue weighted by Crippen LogP contribution is 2.45. The Labute approximate surface area is 183 Å². The summed E-state index contributed by atoms with van der Waals surface area (Å²) in [4.78, 5) is 4.59. The zero-order chi connectivity index (χ0) is 20.9. The monoisotopic (exact) mass is 397 g/mol. The average molecular weight is 398 g/mol. The van der Waals surface area contributed by atoms with Gasteiger partial charge in [0.05, 0.1) is 11.1 Å². The van der Waals surface area contributed by atoms with E-state index in [0.29, 0.717) is 0 Å². The fourth-order valence-electron chi connectivity index (χ4n) is 4.51. The van der Waals surface area contributed by atoms with E-state index in [1.807, 2.05) is 18.3 Å². The Bertz CT molecular complexity index is 1150. The highest BCUT2D eigenvalue weighted by molar-refractivity contribution is 5.66. The SMILES string of the molecule is c1ccc(C(c2ccccc2)(c2ccccc2)c2cccc(-c3ccccn3)c2)cc1. The topological polar surface area (TPSA) is 12.9 Å². The maximum absolute atomic E-state index is 4.59. The molecule has 0 saturated heterocycles. The van der Waals surface area contributed by atoms with Crippen molar-refractivity contribution in [1.82, 2.24) is 4.98 Å². The number of rotatable bonds is 5. The van der Waals surface area contributed by atoms with Gasteiger partial charge >= 0.3 is 0 Å². The van der Waals surface area contributed by atoms with Crippen molar-refractivity contribution in [3.63, 3.8) is 0 Å². The average Bonchev–Trinajstić information content (AvgIpc) is 2.87. The van der Waals surface area contributed by atoms with Crippen LogP contribution >= 0.6 is 0 Å². The molecule has 0 saturated carbocycles. The predicted octanol–water partition coefficient (Wildman–Crippen LogP) is 7.13. The molecule has 0 unspecified atom stereocenters. The Hall–Kier alpha value is -3.97. The highest BCUT2D eigenvalue weighted by atomic mass is 14.7. The molecule has 1 heteroatoms. The van der Waals surface area contributed by atoms with Crippen LogP contribution in [0.4, 0.5) is 0 Å². The quantitative estimate of drug-likeness (QED) is 0.287. The van der Waals surface area contributed by atoms with Gasteiger partial charge in [-0.3, -0.25) is 4.98 Å². The van der Waals surface area contributed by atoms with Gasteiger partial charge in [-0.1, -0.05) is 115 Å². The minimum Gasteiger partial charge on any atom is -0.256 e. The van der Waals surface area contributed by atoms with Gasteiger partial charge in [-0.25, -0.2) is 0 Å². The molecule has 148 valence electrons. The zero-order valence-corrected chi connectivity index (χ0v) is 17.2. The first kappa shape index (κ1) is 19.0. The lowest BCUT2D eigenvalue weighted by molar-refractivity contribution is 0.745. The molecule has 0 radical (unpaired) electrons. The first-order valence-electron chi connectivity index (χ1n) is 10.6. The molecule has 0 atom stereocenters. The van der Waals surface area contributed by atoms with E-state index in [1.54, 1.807) is 0 Å². The maximum Gasteiger partial charge on any atom is 0.0702 e. The molecule has 1 aromatic heterocycles. The second-order valence-corrected chi connectivity index (χ2v) is 7.64. The van der Waals surface area contributed by atoms with Crippen LogP contribution in [0.5, 0.6) is 0 Å². The van der Waals surface area contributed by atoms with E-state index in [4.69, 9.17) is 0 Å². The van der Waals surface area contributed by atoms with Gasteiger partial charge < -0.3 is 0 Å². The Kier molecular flexibility index (Phi) is 5.16. The summed E-state index contributed by atoms with van der Waals surface area (Å²) in [5, 5.41) is 0. The molecule has 5 rings (SSSR count). The number of aromatic nitrogens is 1. The van der Waals surface area contributed by atoms with Gasteiger partial charge in [-0.15, -0.1) is 0 Å². The lowest BCUT2D eigenvalue weighted by Crippen LogP contribution is -2.31. The van der Waals surface area contributed by atoms with E-state index in [-0.39, 0.29) is 0 Å². The van der Waals surface area contributed by atoms with Crippen LogP contribution in [0.15, 0.2) is 140 Å². The Balaban J connectivity index is 1.85. The number of hydrogen-bond donors (Lipinski definition) is 0. The largest absolute Gasteiger partial charge is 0.256 e. The van der Waals surface area contributed by atoms with Crippen molar-refractivity contribution >= 4 is 0 Å². The first-order chi connectivity index (χ1) is 15.4. The first-order valence-corrected chi connectivity index (χ1v) is 10.6. The van der Waals surface area contributed by atoms with Gasteiger partial charge in [0.2, 0.25) is 0 Å². The smallest absolute Gasteiger partial charge is 0.0702 e. The summed E-state index contributed by atoms with van der Waals surface area (Å²) in [6.45, 7) is 0. The van der Waals surface area contributed by atoms with E-state index in [1.165, 1.54) is 22.3 Å². The van der Waals surface area contributed by atoms with Gasteiger partial charge in [0.15, 0.2) is 0 Å². The van der Waals surface area contributed by atoms with Crippen molar-refractivity contribution in [2.24, 2.45) is 0 Å². The van der Waals surface area contributed by atoms with Crippen LogP contribution in [-0.2, 0) is 5.41 Å². The van der Waals surface area contributed by atoms with E-state index >= 15 is 0 Å². The fraction of sp³-hybridized carbons (Fsp3) is 0.0333. The number of nitrogens with zero attached hydrogens (tertiary/aromatic N) is 1. The van der Waals surface area contributed by atoms with Crippen molar-refractivity contribution in [1.29, 1.82) is 0 Å². The number of pyridine rings is 1. The van der Waals surface area contributed by atoms with E-state index < -0.39 is 5.41 Å². The number of benzene rings is 4. The van der Waals surface area contributed by atoms with Gasteiger partial charge in [-0.2, -0.15) is 0 Å². The molecule has 1 nitrogen and oxygen atoms in total. The molecule has 0 fully saturated rings. The van der Waals surface area contributed by atoms with Crippen molar-refractivity contribution in [3.05, 3.63) is 162 Å². The standard InChI is InChI=1S/C30H23N/c1-4-14-25(15-5-1)30(26-16-6-2-7-17-26,27-18-8-3-9-19-27)28-20-12-13-24(23-28)29-21-10-11-22-31-29/h1-23H. The second-order valence-electron chi connectivity index (χ2n) is 7.64. The molecule has 0 aliphatic heterocycles. The van der Waals surface area contributed by atoms with Crippen LogP contribution in [0.2, 0.25) is 0 Å². The van der Waals surface area contributed by atoms with Crippen LogP contribution in [0.3, 0.4) is 0 Å². The third-order valence-electron chi connectivity index (χ3n) is 5.88. The molecule has 5 aromatic rings. The molecular weight excluding hydrogens is 374 g/mol. The van der Waals surface area contributed by atoms with Crippen LogP contribution in [-0.4, -0.2) is 4.98 Å². The van der Waals surface area contributed by atoms with Crippen molar-refractivity contribution in [2.75, 3.05) is 0 Å². The normalized spacial score (nSPS) is 11.2. The Morgan fingerprint density at radius 1 is 0.419 bits per heavy atom. The number of hydrogen-bond acceptors (Lipinski definition) is 1. The highest BCUT2D eigenvalue weighted by Gasteiger charge is 2.38. The zero-order valence-electron chi connectivity index (χ0n) is 17.2. The molecule has 1 heterocycles. The van der Waals surface area contributed by atoms with E-state index in [0.717, 1.165) is 11.3 Å². The predicted molar refractivity (Wildman–Crippen MR) is 128 cm³/mol. The van der Waals surface area contributed by atoms with Gasteiger partial charge in [-0.05, 0) is 40.5 Å². The van der Waals surface area contributed by atoms with Gasteiger partial charge in [0, 0.05) is 11.8 Å². The molecular formula is C30H23N. The summed E-state index contributed by atoms with van der Waals surface area (Å²) in [5.74, 6) is 0. The van der Waals surface area contributed by atoms with E-state index in [9.17, 15) is 0 Å². The molecule has 4 aromatic carbocycles. The van der Waals surface area contributed by atoms with E-state index in [2.05, 4.69) is 126 Å². The fourth-order valence-corrected chi connectivity index (χ4v) is 4.51. The summed E-state index contributed by atoms with van der Waals surface area (Å²) < 4.78 is 0. The van der Waals surface area contributed by atoms with Crippen LogP contribution in [0, 0.1) is 0 Å². The lowest BCUT2D eigenvalue weighted by Gasteiger charge is -2.37. The summed E-state index contributed by atoms with van der Waals surface area (Å²) in [6, 6.07) is 47.2. The third kappa shape index (κ3) is 3.45. The molecule has 0 N–H and O–H groups in total. The molecule has 0 amide bonds. The second kappa shape index (κ2) is 8.41. The summed E-state index contributed by atoms with van der Waals surface area (Å²) in [7, 11) is 0. The minimum absolute atomic E-state index is 0.436. The Morgan fingerprint density at radius 3 is 1.39 bits per heavy atom. The summed E-state index contributed by atoms with van der Waals surface area (Å²) in [5.41, 5.74) is 6.60. The van der Waals surface area contributed by atoms with Gasteiger partial charge in [0.25, 0.3) is 0 Å². The molecule has 31 heavy (non-hydrogen) atoms. The van der Waals surface area contributed by atoms with Gasteiger partial charge in [0.1, 0.15) is 0 Å². The third-order valence-corrected chi connectivity index (χ3v) is 5.88. The van der Waals surface area contributed by atoms with Crippen molar-refractivity contribution in [2.45, 2.75) is 5.41 Å². The maximum atomic E-state index is 4.59. The lowest BCUT2D eigenvalue weighted by atomic mass is 9.65. The van der Waals surface area contributed by atoms with Crippen LogP contribution in [0.25, 0.3) is 11.3 Å². The minimum atomic E-state index is -0.436. The van der Waals surface area contributed by atoms with Crippen molar-refractivity contribution < 1.29 is 0 Å². The molecule has 0 aliphatic carbocycles. The summed E-state index contributed by atoms with van der Waals surface area (Å²) >= 11 is 0. The molecule has 0 spiro atoms. The van der Waals surface area contributed by atoms with Crippen LogP contribution in [0.1, 0.15) is 22.3 Å². The molecule has 0 bridgehead atoms. The summed E-state index contributed by atoms with van der Waals surface area (Å²) in [6.07, 6.45) is 1.85.